The second-order valence-corrected chi connectivity index (χ2v) is 2.03. The van der Waals surface area contributed by atoms with E-state index in [2.05, 4.69) is 0 Å². The Kier molecular flexibility index (Phi) is 6.63. The third-order valence-electron chi connectivity index (χ3n) is 1.45. The maximum atomic E-state index is 5.10. The summed E-state index contributed by atoms with van der Waals surface area (Å²) in [6, 6.07) is 7.94. The summed E-state index contributed by atoms with van der Waals surface area (Å²) in [5.41, 5.74) is 1.14. The summed E-state index contributed by atoms with van der Waals surface area (Å²) in [4.78, 5) is 0. The van der Waals surface area contributed by atoms with Crippen LogP contribution in [-0.2, 0) is 0 Å². The minimum absolute atomic E-state index is 0. The zero-order chi connectivity index (χ0) is 7.40. The Bertz CT molecular complexity index is 187. The molecule has 1 nitrogen and oxygen atoms in total. The second kappa shape index (κ2) is 6.24. The van der Waals surface area contributed by atoms with Crippen LogP contribution in [0.4, 0.5) is 0 Å². The normalized spacial score (nSPS) is 8.18. The van der Waals surface area contributed by atoms with Crippen LogP contribution in [0.2, 0.25) is 0 Å². The molecule has 0 fully saturated rings. The predicted octanol–water partition coefficient (Wildman–Crippen LogP) is -0.729. The largest absolute Gasteiger partial charge is 1.00 e. The van der Waals surface area contributed by atoms with Crippen molar-refractivity contribution < 1.29 is 62.9 Å². The Hall–Kier alpha value is 0.695. The van der Waals surface area contributed by atoms with Crippen LogP contribution in [0.3, 0.4) is 0 Å². The molecule has 0 spiro atoms. The van der Waals surface area contributed by atoms with Crippen molar-refractivity contribution in [1.82, 2.24) is 0 Å². The van der Waals surface area contributed by atoms with Crippen LogP contribution in [0, 0.1) is 6.42 Å². The molecule has 0 aromatic heterocycles. The van der Waals surface area contributed by atoms with Crippen molar-refractivity contribution in [3.63, 3.8) is 0 Å². The number of rotatable bonds is 2. The van der Waals surface area contributed by atoms with Crippen molar-refractivity contribution in [2.45, 2.75) is 6.92 Å². The Balaban J connectivity index is 0.000001000. The third kappa shape index (κ3) is 3.28. The molecular weight excluding hydrogens is 210 g/mol. The zero-order valence-corrected chi connectivity index (χ0v) is 12.2. The molecule has 1 rings (SSSR count). The summed E-state index contributed by atoms with van der Waals surface area (Å²) in [5.74, 6) is 0.935. The average Bonchev–Trinajstić information content (AvgIpc) is 2.04. The molecule has 1 aromatic carbocycles. The van der Waals surface area contributed by atoms with E-state index in [0.717, 1.165) is 11.3 Å². The molecule has 0 heterocycles. The van der Waals surface area contributed by atoms with Crippen molar-refractivity contribution in [2.75, 3.05) is 7.11 Å². The van der Waals surface area contributed by atoms with E-state index in [-0.39, 0.29) is 58.2 Å². The molecule has 0 aliphatic rings. The van der Waals surface area contributed by atoms with Gasteiger partial charge in [0.25, 0.3) is 0 Å². The molecule has 0 bridgehead atoms. The molecule has 0 unspecified atom stereocenters. The van der Waals surface area contributed by atoms with Gasteiger partial charge in [-0.1, -0.05) is 19.1 Å². The number of benzene rings is 1. The maximum absolute atomic E-state index is 5.10. The first-order valence-electron chi connectivity index (χ1n) is 3.31. The van der Waals surface area contributed by atoms with Gasteiger partial charge in [-0.05, 0) is 0 Å². The van der Waals surface area contributed by atoms with Crippen molar-refractivity contribution in [3.05, 3.63) is 36.2 Å². The molecule has 0 N–H and O–H groups in total. The van der Waals surface area contributed by atoms with E-state index in [9.17, 15) is 0 Å². The monoisotopic (exact) mass is 220 g/mol. The number of para-hydroxylation sites is 1. The fourth-order valence-electron chi connectivity index (χ4n) is 0.905. The summed E-state index contributed by atoms with van der Waals surface area (Å²) >= 11 is 0. The SMILES string of the molecule is C[CH-]c1ccccc1OC.[Rb+]. The number of ether oxygens (including phenoxy) is 1. The van der Waals surface area contributed by atoms with E-state index in [1.807, 2.05) is 37.6 Å². The number of hydrogen-bond acceptors (Lipinski definition) is 1. The van der Waals surface area contributed by atoms with Gasteiger partial charge in [0.1, 0.15) is 0 Å². The minimum atomic E-state index is 0. The summed E-state index contributed by atoms with van der Waals surface area (Å²) in [5, 5.41) is 0. The van der Waals surface area contributed by atoms with Crippen LogP contribution in [0.1, 0.15) is 12.5 Å². The van der Waals surface area contributed by atoms with E-state index < -0.39 is 0 Å². The fourth-order valence-corrected chi connectivity index (χ4v) is 0.905. The summed E-state index contributed by atoms with van der Waals surface area (Å²) in [7, 11) is 1.68. The second-order valence-electron chi connectivity index (χ2n) is 2.03. The average molecular weight is 221 g/mol. The molecule has 54 valence electrons. The molecule has 0 aliphatic heterocycles. The van der Waals surface area contributed by atoms with Gasteiger partial charge in [-0.25, -0.2) is 0 Å². The van der Waals surface area contributed by atoms with Gasteiger partial charge in [0.15, 0.2) is 0 Å². The first-order valence-corrected chi connectivity index (χ1v) is 3.31. The van der Waals surface area contributed by atoms with Crippen LogP contribution in [0.5, 0.6) is 5.75 Å². The molecule has 0 aliphatic carbocycles. The van der Waals surface area contributed by atoms with Crippen molar-refractivity contribution in [3.8, 4) is 5.75 Å². The van der Waals surface area contributed by atoms with Gasteiger partial charge in [-0.2, -0.15) is 18.1 Å². The summed E-state index contributed by atoms with van der Waals surface area (Å²) in [6.45, 7) is 2.00. The van der Waals surface area contributed by atoms with Crippen LogP contribution in [0.15, 0.2) is 24.3 Å². The van der Waals surface area contributed by atoms with E-state index in [1.165, 1.54) is 0 Å². The van der Waals surface area contributed by atoms with E-state index in [0.29, 0.717) is 0 Å². The van der Waals surface area contributed by atoms with Gasteiger partial charge in [0.05, 0.1) is 7.11 Å². The van der Waals surface area contributed by atoms with Crippen LogP contribution >= 0.6 is 0 Å². The van der Waals surface area contributed by atoms with Gasteiger partial charge in [-0.15, -0.1) is 6.07 Å². The molecule has 1 aromatic rings. The minimum Gasteiger partial charge on any atom is -0.554 e. The Morgan fingerprint density at radius 2 is 1.91 bits per heavy atom. The van der Waals surface area contributed by atoms with E-state index in [1.54, 1.807) is 7.11 Å². The summed E-state index contributed by atoms with van der Waals surface area (Å²) < 4.78 is 5.10. The third-order valence-corrected chi connectivity index (χ3v) is 1.45. The van der Waals surface area contributed by atoms with Gasteiger partial charge in [0, 0.05) is 5.75 Å². The van der Waals surface area contributed by atoms with Crippen molar-refractivity contribution >= 4 is 0 Å². The quantitative estimate of drug-likeness (QED) is 0.598. The molecule has 0 atom stereocenters. The fraction of sp³-hybridized carbons (Fsp3) is 0.222. The summed E-state index contributed by atoms with van der Waals surface area (Å²) in [6.07, 6.45) is 2.03. The Morgan fingerprint density at radius 3 is 2.36 bits per heavy atom. The molecule has 0 amide bonds. The topological polar surface area (TPSA) is 9.23 Å². The Morgan fingerprint density at radius 1 is 1.27 bits per heavy atom. The molecule has 0 saturated carbocycles. The van der Waals surface area contributed by atoms with Crippen molar-refractivity contribution in [2.24, 2.45) is 0 Å². The molecule has 2 heteroatoms. The maximum Gasteiger partial charge on any atom is 1.00 e. The molecule has 0 radical (unpaired) electrons. The van der Waals surface area contributed by atoms with Gasteiger partial charge < -0.3 is 4.74 Å². The standard InChI is InChI=1S/C9H11O.Rb/c1-3-8-6-4-5-7-9(8)10-2;/h3-7H,1-2H3;/q-1;+1. The number of methoxy groups -OCH3 is 1. The van der Waals surface area contributed by atoms with Gasteiger partial charge in [-0.3, -0.25) is 0 Å². The van der Waals surface area contributed by atoms with Crippen LogP contribution in [0.25, 0.3) is 0 Å². The van der Waals surface area contributed by atoms with Gasteiger partial charge in [0.2, 0.25) is 0 Å². The van der Waals surface area contributed by atoms with E-state index in [4.69, 9.17) is 4.74 Å². The molecule has 0 saturated heterocycles. The molecule has 11 heavy (non-hydrogen) atoms. The first-order chi connectivity index (χ1) is 4.88. The molecular formula is C9H11ORb. The zero-order valence-electron chi connectivity index (χ0n) is 7.29. The van der Waals surface area contributed by atoms with Gasteiger partial charge >= 0.3 is 58.2 Å². The van der Waals surface area contributed by atoms with Crippen molar-refractivity contribution in [1.29, 1.82) is 0 Å². The van der Waals surface area contributed by atoms with E-state index >= 15 is 0 Å². The Labute approximate surface area is 117 Å². The predicted molar refractivity (Wildman–Crippen MR) is 42.1 cm³/mol. The van der Waals surface area contributed by atoms with Crippen LogP contribution in [-0.4, -0.2) is 7.11 Å². The smallest absolute Gasteiger partial charge is 0.554 e. The number of hydrogen-bond donors (Lipinski definition) is 0. The first kappa shape index (κ1) is 11.7. The van der Waals surface area contributed by atoms with Crippen LogP contribution < -0.4 is 62.9 Å².